The second-order valence-corrected chi connectivity index (χ2v) is 7.07. The maximum Gasteiger partial charge on any atom is 0.280 e. The van der Waals surface area contributed by atoms with Crippen LogP contribution in [0.2, 0.25) is 0 Å². The molecule has 1 amide bonds. The average molecular weight is 392 g/mol. The monoisotopic (exact) mass is 391 g/mol. The number of aryl methyl sites for hydroxylation is 1. The zero-order chi connectivity index (χ0) is 16.4. The van der Waals surface area contributed by atoms with Crippen LogP contribution in [-0.4, -0.2) is 15.6 Å². The number of halogens is 1. The Balaban J connectivity index is 1.80. The molecule has 0 saturated carbocycles. The highest BCUT2D eigenvalue weighted by Gasteiger charge is 2.10. The van der Waals surface area contributed by atoms with Crippen LogP contribution >= 0.6 is 27.3 Å². The van der Waals surface area contributed by atoms with Crippen molar-refractivity contribution in [1.29, 1.82) is 0 Å². The predicted octanol–water partition coefficient (Wildman–Crippen LogP) is 3.10. The van der Waals surface area contributed by atoms with Crippen LogP contribution in [0.3, 0.4) is 0 Å². The highest BCUT2D eigenvalue weighted by atomic mass is 79.9. The molecule has 1 N–H and O–H groups in total. The number of nitrogens with one attached hydrogen (secondary N) is 1. The van der Waals surface area contributed by atoms with E-state index >= 15 is 0 Å². The lowest BCUT2D eigenvalue weighted by atomic mass is 10.1. The van der Waals surface area contributed by atoms with E-state index in [1.165, 1.54) is 17.7 Å². The van der Waals surface area contributed by atoms with Crippen LogP contribution < -0.4 is 11.0 Å². The first kappa shape index (κ1) is 15.9. The Labute approximate surface area is 145 Å². The van der Waals surface area contributed by atoms with Crippen LogP contribution in [0.5, 0.6) is 0 Å². The first-order chi connectivity index (χ1) is 11.1. The van der Waals surface area contributed by atoms with Gasteiger partial charge >= 0.3 is 0 Å². The molecule has 7 heteroatoms. The van der Waals surface area contributed by atoms with Crippen molar-refractivity contribution in [3.63, 3.8) is 0 Å². The van der Waals surface area contributed by atoms with Gasteiger partial charge in [-0.05, 0) is 30.2 Å². The third-order valence-electron chi connectivity index (χ3n) is 3.37. The number of rotatable bonds is 4. The highest BCUT2D eigenvalue weighted by Crippen LogP contribution is 2.20. The second kappa shape index (κ2) is 6.64. The highest BCUT2D eigenvalue weighted by molar-refractivity contribution is 9.10. The van der Waals surface area contributed by atoms with Crippen LogP contribution in [0.4, 0.5) is 0 Å². The molecule has 0 radical (unpaired) electrons. The molecular weight excluding hydrogens is 378 g/mol. The molecule has 0 unspecified atom stereocenters. The zero-order valence-corrected chi connectivity index (χ0v) is 14.8. The largest absolute Gasteiger partial charge is 0.280 e. The number of benzene rings is 1. The number of hydrogen-bond acceptors (Lipinski definition) is 4. The minimum atomic E-state index is -0.262. The summed E-state index contributed by atoms with van der Waals surface area (Å²) in [6, 6.07) is 9.31. The number of carbonyl (C=O) groups excluding carboxylic acids is 1. The van der Waals surface area contributed by atoms with Crippen LogP contribution in [-0.2, 0) is 17.6 Å². The fraction of sp³-hybridized carbons (Fsp3) is 0.188. The van der Waals surface area contributed by atoms with E-state index < -0.39 is 0 Å². The Morgan fingerprint density at radius 1 is 1.35 bits per heavy atom. The molecule has 0 spiro atoms. The molecule has 2 heterocycles. The Morgan fingerprint density at radius 3 is 2.78 bits per heavy atom. The predicted molar refractivity (Wildman–Crippen MR) is 95.5 cm³/mol. The van der Waals surface area contributed by atoms with Crippen LogP contribution in [0.1, 0.15) is 17.4 Å². The molecule has 1 aromatic carbocycles. The van der Waals surface area contributed by atoms with Crippen molar-refractivity contribution in [3.05, 3.63) is 61.9 Å². The summed E-state index contributed by atoms with van der Waals surface area (Å²) >= 11 is 4.85. The molecule has 0 atom stereocenters. The third kappa shape index (κ3) is 3.51. The van der Waals surface area contributed by atoms with Gasteiger partial charge in [0.1, 0.15) is 11.2 Å². The molecule has 118 valence electrons. The summed E-state index contributed by atoms with van der Waals surface area (Å²) in [6.45, 7) is 2.03. The van der Waals surface area contributed by atoms with Crippen molar-refractivity contribution in [3.8, 4) is 0 Å². The summed E-state index contributed by atoms with van der Waals surface area (Å²) in [7, 11) is 0. The normalized spacial score (nSPS) is 10.9. The Kier molecular flexibility index (Phi) is 4.58. The Morgan fingerprint density at radius 2 is 2.09 bits per heavy atom. The molecular formula is C16H14BrN3O2S. The molecule has 0 aliphatic rings. The fourth-order valence-corrected chi connectivity index (χ4v) is 3.38. The van der Waals surface area contributed by atoms with Gasteiger partial charge in [-0.25, -0.2) is 9.66 Å². The molecule has 3 aromatic rings. The van der Waals surface area contributed by atoms with Gasteiger partial charge in [0, 0.05) is 9.35 Å². The summed E-state index contributed by atoms with van der Waals surface area (Å²) < 4.78 is 2.10. The zero-order valence-electron chi connectivity index (χ0n) is 12.4. The summed E-state index contributed by atoms with van der Waals surface area (Å²) in [5.74, 6) is -0.262. The summed E-state index contributed by atoms with van der Waals surface area (Å²) in [5.41, 5.74) is 3.21. The summed E-state index contributed by atoms with van der Waals surface area (Å²) in [6.07, 6.45) is 2.41. The summed E-state index contributed by atoms with van der Waals surface area (Å²) in [4.78, 5) is 30.6. The van der Waals surface area contributed by atoms with Gasteiger partial charge < -0.3 is 0 Å². The smallest absolute Gasteiger partial charge is 0.273 e. The van der Waals surface area contributed by atoms with E-state index in [-0.39, 0.29) is 17.9 Å². The minimum absolute atomic E-state index is 0.196. The molecule has 0 bridgehead atoms. The maximum absolute atomic E-state index is 12.4. The number of carbonyl (C=O) groups is 1. The van der Waals surface area contributed by atoms with E-state index in [9.17, 15) is 9.59 Å². The molecule has 0 aliphatic carbocycles. The first-order valence-corrected chi connectivity index (χ1v) is 8.72. The van der Waals surface area contributed by atoms with E-state index in [2.05, 4.69) is 26.3 Å². The van der Waals surface area contributed by atoms with Gasteiger partial charge in [0.2, 0.25) is 5.91 Å². The lowest BCUT2D eigenvalue weighted by Gasteiger charge is -2.07. The minimum Gasteiger partial charge on any atom is -0.273 e. The second-order valence-electron chi connectivity index (χ2n) is 5.04. The number of nitrogens with zero attached hydrogens (tertiary/aromatic N) is 2. The van der Waals surface area contributed by atoms with Crippen molar-refractivity contribution in [1.82, 2.24) is 9.66 Å². The maximum atomic E-state index is 12.4. The van der Waals surface area contributed by atoms with Crippen molar-refractivity contribution in [2.45, 2.75) is 19.8 Å². The SMILES string of the molecule is CCc1cc2c(=O)n(NC(=O)Cc3ccc(Br)cc3)cnc2s1. The van der Waals surface area contributed by atoms with Gasteiger partial charge in [-0.2, -0.15) is 0 Å². The molecule has 0 fully saturated rings. The standard InChI is InChI=1S/C16H14BrN3O2S/c1-2-12-8-13-15(23-12)18-9-20(16(13)22)19-14(21)7-10-3-5-11(17)6-4-10/h3-6,8-9H,2,7H2,1H3,(H,19,21). The third-order valence-corrected chi connectivity index (χ3v) is 5.09. The van der Waals surface area contributed by atoms with E-state index in [0.717, 1.165) is 26.0 Å². The average Bonchev–Trinajstić information content (AvgIpc) is 2.96. The number of fused-ring (bicyclic) bond motifs is 1. The van der Waals surface area contributed by atoms with Crippen LogP contribution in [0.25, 0.3) is 10.2 Å². The van der Waals surface area contributed by atoms with Crippen molar-refractivity contribution in [2.75, 3.05) is 5.43 Å². The van der Waals surface area contributed by atoms with Gasteiger partial charge in [-0.15, -0.1) is 11.3 Å². The van der Waals surface area contributed by atoms with Gasteiger partial charge in [0.05, 0.1) is 11.8 Å². The molecule has 5 nitrogen and oxygen atoms in total. The topological polar surface area (TPSA) is 64.0 Å². The van der Waals surface area contributed by atoms with E-state index in [0.29, 0.717) is 10.2 Å². The fourth-order valence-electron chi connectivity index (χ4n) is 2.19. The van der Waals surface area contributed by atoms with Gasteiger partial charge in [-0.1, -0.05) is 35.0 Å². The van der Waals surface area contributed by atoms with Crippen LogP contribution in [0, 0.1) is 0 Å². The number of hydrogen-bond donors (Lipinski definition) is 1. The van der Waals surface area contributed by atoms with Gasteiger partial charge in [0.25, 0.3) is 5.56 Å². The molecule has 23 heavy (non-hydrogen) atoms. The first-order valence-electron chi connectivity index (χ1n) is 7.11. The molecule has 0 aliphatic heterocycles. The quantitative estimate of drug-likeness (QED) is 0.742. The van der Waals surface area contributed by atoms with E-state index in [4.69, 9.17) is 0 Å². The summed E-state index contributed by atoms with van der Waals surface area (Å²) in [5, 5.41) is 0.540. The van der Waals surface area contributed by atoms with Crippen molar-refractivity contribution in [2.24, 2.45) is 0 Å². The molecule has 3 rings (SSSR count). The Hall–Kier alpha value is -1.99. The Bertz CT molecular complexity index is 915. The van der Waals surface area contributed by atoms with Crippen molar-refractivity contribution < 1.29 is 4.79 Å². The van der Waals surface area contributed by atoms with Crippen LogP contribution in [0.15, 0.2) is 45.9 Å². The molecule has 0 saturated heterocycles. The van der Waals surface area contributed by atoms with Gasteiger partial charge in [-0.3, -0.25) is 15.0 Å². The van der Waals surface area contributed by atoms with Crippen molar-refractivity contribution >= 4 is 43.4 Å². The van der Waals surface area contributed by atoms with E-state index in [1.807, 2.05) is 37.3 Å². The lowest BCUT2D eigenvalue weighted by Crippen LogP contribution is -2.33. The van der Waals surface area contributed by atoms with Gasteiger partial charge in [0.15, 0.2) is 0 Å². The lowest BCUT2D eigenvalue weighted by molar-refractivity contribution is -0.116. The van der Waals surface area contributed by atoms with E-state index in [1.54, 1.807) is 0 Å². The number of thiophene rings is 1. The molecule has 2 aromatic heterocycles. The number of amides is 1. The number of aromatic nitrogens is 2.